The van der Waals surface area contributed by atoms with Crippen molar-refractivity contribution in [3.63, 3.8) is 0 Å². The fourth-order valence-electron chi connectivity index (χ4n) is 2.47. The van der Waals surface area contributed by atoms with Gasteiger partial charge in [0.1, 0.15) is 11.9 Å². The number of aromatic amines is 1. The first-order chi connectivity index (χ1) is 8.31. The van der Waals surface area contributed by atoms with E-state index in [1.807, 2.05) is 24.4 Å². The van der Waals surface area contributed by atoms with E-state index in [1.54, 1.807) is 0 Å². The average molecular weight is 231 g/mol. The van der Waals surface area contributed by atoms with Gasteiger partial charge in [-0.3, -0.25) is 5.10 Å². The summed E-state index contributed by atoms with van der Waals surface area (Å²) < 4.78 is 5.98. The Balaban J connectivity index is 1.75. The number of nitrogens with one attached hydrogen (secondary N) is 1. The molecule has 3 rings (SSSR count). The molecule has 17 heavy (non-hydrogen) atoms. The van der Waals surface area contributed by atoms with Crippen LogP contribution in [-0.4, -0.2) is 22.3 Å². The van der Waals surface area contributed by atoms with E-state index < -0.39 is 0 Å². The largest absolute Gasteiger partial charge is 0.490 e. The van der Waals surface area contributed by atoms with Crippen molar-refractivity contribution in [3.8, 4) is 5.75 Å². The van der Waals surface area contributed by atoms with Crippen LogP contribution in [0.25, 0.3) is 10.9 Å². The van der Waals surface area contributed by atoms with E-state index in [2.05, 4.69) is 10.2 Å². The van der Waals surface area contributed by atoms with Crippen molar-refractivity contribution in [2.24, 2.45) is 5.73 Å². The Morgan fingerprint density at radius 2 is 2.29 bits per heavy atom. The lowest BCUT2D eigenvalue weighted by Gasteiger charge is -2.27. The second-order valence-corrected chi connectivity index (χ2v) is 4.79. The van der Waals surface area contributed by atoms with Crippen LogP contribution in [0.3, 0.4) is 0 Å². The number of benzene rings is 1. The molecule has 0 bridgehead atoms. The van der Waals surface area contributed by atoms with Gasteiger partial charge in [0, 0.05) is 11.4 Å². The molecule has 0 aliphatic heterocycles. The van der Waals surface area contributed by atoms with E-state index in [9.17, 15) is 0 Å². The Morgan fingerprint density at radius 1 is 1.35 bits per heavy atom. The molecule has 1 heterocycles. The van der Waals surface area contributed by atoms with Crippen molar-refractivity contribution < 1.29 is 4.74 Å². The van der Waals surface area contributed by atoms with Crippen molar-refractivity contribution in [2.75, 3.05) is 0 Å². The molecule has 0 spiro atoms. The van der Waals surface area contributed by atoms with Gasteiger partial charge in [-0.1, -0.05) is 0 Å². The molecule has 90 valence electrons. The van der Waals surface area contributed by atoms with E-state index >= 15 is 0 Å². The van der Waals surface area contributed by atoms with Crippen molar-refractivity contribution in [1.82, 2.24) is 10.2 Å². The lowest BCUT2D eigenvalue weighted by atomic mass is 9.93. The predicted molar refractivity (Wildman–Crippen MR) is 67.0 cm³/mol. The standard InChI is InChI=1S/C13H17N3O/c14-10-2-1-3-11(7-10)17-12-4-5-13-9(6-12)8-15-16-13/h4-6,8,10-11H,1-3,7,14H2,(H,15,16)/t10-,11+/m1/s1. The monoisotopic (exact) mass is 231 g/mol. The molecule has 0 amide bonds. The number of hydrogen-bond acceptors (Lipinski definition) is 3. The molecule has 1 aromatic heterocycles. The van der Waals surface area contributed by atoms with Crippen LogP contribution in [0.15, 0.2) is 24.4 Å². The van der Waals surface area contributed by atoms with Gasteiger partial charge in [0.25, 0.3) is 0 Å². The van der Waals surface area contributed by atoms with Crippen LogP contribution in [0, 0.1) is 0 Å². The summed E-state index contributed by atoms with van der Waals surface area (Å²) in [6.45, 7) is 0. The van der Waals surface area contributed by atoms with Crippen molar-refractivity contribution in [1.29, 1.82) is 0 Å². The van der Waals surface area contributed by atoms with Gasteiger partial charge >= 0.3 is 0 Å². The molecular formula is C13H17N3O. The SMILES string of the molecule is N[C@@H]1CCC[C@H](Oc2ccc3[nH]ncc3c2)C1. The molecule has 0 unspecified atom stereocenters. The normalized spacial score (nSPS) is 25.0. The minimum absolute atomic E-state index is 0.267. The zero-order valence-corrected chi connectivity index (χ0v) is 9.73. The Morgan fingerprint density at radius 3 is 3.18 bits per heavy atom. The van der Waals surface area contributed by atoms with E-state index in [0.29, 0.717) is 6.04 Å². The van der Waals surface area contributed by atoms with Gasteiger partial charge in [-0.2, -0.15) is 5.10 Å². The minimum Gasteiger partial charge on any atom is -0.490 e. The molecule has 2 aromatic rings. The Hall–Kier alpha value is -1.55. The van der Waals surface area contributed by atoms with Crippen molar-refractivity contribution in [3.05, 3.63) is 24.4 Å². The number of rotatable bonds is 2. The molecule has 1 aliphatic rings. The van der Waals surface area contributed by atoms with Crippen LogP contribution >= 0.6 is 0 Å². The summed E-state index contributed by atoms with van der Waals surface area (Å²) in [6, 6.07) is 6.31. The van der Waals surface area contributed by atoms with Gasteiger partial charge in [-0.05, 0) is 43.9 Å². The summed E-state index contributed by atoms with van der Waals surface area (Å²) in [5, 5.41) is 8.02. The zero-order chi connectivity index (χ0) is 11.7. The smallest absolute Gasteiger partial charge is 0.120 e. The van der Waals surface area contributed by atoms with E-state index in [-0.39, 0.29) is 6.10 Å². The van der Waals surface area contributed by atoms with Gasteiger partial charge in [-0.15, -0.1) is 0 Å². The van der Waals surface area contributed by atoms with Crippen LogP contribution in [0.1, 0.15) is 25.7 Å². The third kappa shape index (κ3) is 2.26. The molecule has 3 N–H and O–H groups in total. The lowest BCUT2D eigenvalue weighted by molar-refractivity contribution is 0.144. The molecule has 2 atom stereocenters. The fraction of sp³-hybridized carbons (Fsp3) is 0.462. The number of ether oxygens (including phenoxy) is 1. The molecule has 1 aromatic carbocycles. The summed E-state index contributed by atoms with van der Waals surface area (Å²) in [5.74, 6) is 0.915. The topological polar surface area (TPSA) is 63.9 Å². The van der Waals surface area contributed by atoms with E-state index in [1.165, 1.54) is 6.42 Å². The molecule has 1 fully saturated rings. The molecular weight excluding hydrogens is 214 g/mol. The molecule has 0 radical (unpaired) electrons. The lowest BCUT2D eigenvalue weighted by Crippen LogP contribution is -2.33. The molecule has 1 saturated carbocycles. The van der Waals surface area contributed by atoms with Gasteiger partial charge < -0.3 is 10.5 Å². The number of H-pyrrole nitrogens is 1. The van der Waals surface area contributed by atoms with Crippen LogP contribution in [-0.2, 0) is 0 Å². The minimum atomic E-state index is 0.267. The summed E-state index contributed by atoms with van der Waals surface area (Å²) in [6.07, 6.45) is 6.44. The maximum Gasteiger partial charge on any atom is 0.120 e. The highest BCUT2D eigenvalue weighted by Crippen LogP contribution is 2.25. The Bertz CT molecular complexity index is 508. The van der Waals surface area contributed by atoms with Crippen molar-refractivity contribution in [2.45, 2.75) is 37.8 Å². The third-order valence-corrected chi connectivity index (χ3v) is 3.38. The van der Waals surface area contributed by atoms with Gasteiger partial charge in [0.05, 0.1) is 11.7 Å². The Labute approximate surface area is 100 Å². The van der Waals surface area contributed by atoms with Crippen LogP contribution in [0.5, 0.6) is 5.75 Å². The average Bonchev–Trinajstić information content (AvgIpc) is 2.76. The highest BCUT2D eigenvalue weighted by atomic mass is 16.5. The van der Waals surface area contributed by atoms with E-state index in [0.717, 1.165) is 35.9 Å². The maximum absolute atomic E-state index is 5.98. The van der Waals surface area contributed by atoms with Crippen LogP contribution in [0.4, 0.5) is 0 Å². The maximum atomic E-state index is 5.98. The first-order valence-corrected chi connectivity index (χ1v) is 6.16. The number of nitrogens with two attached hydrogens (primary N) is 1. The van der Waals surface area contributed by atoms with Crippen LogP contribution < -0.4 is 10.5 Å². The highest BCUT2D eigenvalue weighted by Gasteiger charge is 2.20. The molecule has 0 saturated heterocycles. The fourth-order valence-corrected chi connectivity index (χ4v) is 2.47. The number of hydrogen-bond donors (Lipinski definition) is 2. The van der Waals surface area contributed by atoms with Gasteiger partial charge in [0.2, 0.25) is 0 Å². The first kappa shape index (κ1) is 10.6. The highest BCUT2D eigenvalue weighted by molar-refractivity contribution is 5.79. The van der Waals surface area contributed by atoms with Gasteiger partial charge in [-0.25, -0.2) is 0 Å². The molecule has 1 aliphatic carbocycles. The van der Waals surface area contributed by atoms with Crippen LogP contribution in [0.2, 0.25) is 0 Å². The third-order valence-electron chi connectivity index (χ3n) is 3.38. The molecule has 4 heteroatoms. The second-order valence-electron chi connectivity index (χ2n) is 4.79. The Kier molecular flexibility index (Phi) is 2.73. The summed E-state index contributed by atoms with van der Waals surface area (Å²) in [7, 11) is 0. The first-order valence-electron chi connectivity index (χ1n) is 6.16. The van der Waals surface area contributed by atoms with Gasteiger partial charge in [0.15, 0.2) is 0 Å². The second kappa shape index (κ2) is 4.37. The number of fused-ring (bicyclic) bond motifs is 1. The van der Waals surface area contributed by atoms with Crippen molar-refractivity contribution >= 4 is 10.9 Å². The molecule has 4 nitrogen and oxygen atoms in total. The summed E-state index contributed by atoms with van der Waals surface area (Å²) in [5.41, 5.74) is 7.00. The summed E-state index contributed by atoms with van der Waals surface area (Å²) in [4.78, 5) is 0. The number of nitrogens with zero attached hydrogens (tertiary/aromatic N) is 1. The summed E-state index contributed by atoms with van der Waals surface area (Å²) >= 11 is 0. The number of aromatic nitrogens is 2. The zero-order valence-electron chi connectivity index (χ0n) is 9.73. The predicted octanol–water partition coefficient (Wildman–Crippen LogP) is 2.21. The van der Waals surface area contributed by atoms with E-state index in [4.69, 9.17) is 10.5 Å². The quantitative estimate of drug-likeness (QED) is 0.833.